The molecule has 0 saturated heterocycles. The Bertz CT molecular complexity index is 686. The van der Waals surface area contributed by atoms with E-state index in [-0.39, 0.29) is 17.4 Å². The van der Waals surface area contributed by atoms with E-state index >= 15 is 0 Å². The molecule has 3 N–H and O–H groups in total. The van der Waals surface area contributed by atoms with Crippen molar-refractivity contribution in [2.45, 2.75) is 20.8 Å². The van der Waals surface area contributed by atoms with Crippen LogP contribution in [-0.4, -0.2) is 21.8 Å². The van der Waals surface area contributed by atoms with Crippen LogP contribution in [0.1, 0.15) is 39.0 Å². The molecular weight excluding hydrogens is 256 g/mol. The third-order valence-corrected chi connectivity index (χ3v) is 3.12. The van der Waals surface area contributed by atoms with Gasteiger partial charge in [0.05, 0.1) is 0 Å². The molecule has 104 valence electrons. The molecule has 0 aliphatic rings. The van der Waals surface area contributed by atoms with Gasteiger partial charge in [0.25, 0.3) is 5.91 Å². The van der Waals surface area contributed by atoms with E-state index in [0.29, 0.717) is 28.2 Å². The first-order valence-corrected chi connectivity index (χ1v) is 6.20. The molecule has 0 atom stereocenters. The highest BCUT2D eigenvalue weighted by atomic mass is 16.3. The summed E-state index contributed by atoms with van der Waals surface area (Å²) in [7, 11) is 0. The standard InChI is InChI=1S/C15H16N2O3/c1-8-13(10(3)18)9(2)16-14(8)15(20)17-11-5-4-6-12(19)7-11/h4-7,16,19H,1-3H3,(H,17,20). The molecular formula is C15H16N2O3. The van der Waals surface area contributed by atoms with Gasteiger partial charge in [0.15, 0.2) is 5.78 Å². The molecule has 2 rings (SSSR count). The lowest BCUT2D eigenvalue weighted by atomic mass is 10.1. The molecule has 0 aliphatic heterocycles. The zero-order chi connectivity index (χ0) is 14.9. The largest absolute Gasteiger partial charge is 0.508 e. The SMILES string of the molecule is CC(=O)c1c(C)[nH]c(C(=O)Nc2cccc(O)c2)c1C. The maximum atomic E-state index is 12.2. The van der Waals surface area contributed by atoms with Gasteiger partial charge in [-0.2, -0.15) is 0 Å². The van der Waals surface area contributed by atoms with Crippen molar-refractivity contribution in [1.82, 2.24) is 4.98 Å². The van der Waals surface area contributed by atoms with Crippen molar-refractivity contribution in [3.63, 3.8) is 0 Å². The number of nitrogens with one attached hydrogen (secondary N) is 2. The summed E-state index contributed by atoms with van der Waals surface area (Å²) < 4.78 is 0. The molecule has 20 heavy (non-hydrogen) atoms. The van der Waals surface area contributed by atoms with Crippen molar-refractivity contribution >= 4 is 17.4 Å². The number of aromatic hydroxyl groups is 1. The number of Topliss-reactive ketones (excluding diaryl/α,β-unsaturated/α-hetero) is 1. The van der Waals surface area contributed by atoms with Crippen LogP contribution in [0, 0.1) is 13.8 Å². The molecule has 0 aliphatic carbocycles. The molecule has 1 heterocycles. The molecule has 0 unspecified atom stereocenters. The van der Waals surface area contributed by atoms with Crippen molar-refractivity contribution in [2.24, 2.45) is 0 Å². The minimum absolute atomic E-state index is 0.0756. The Labute approximate surface area is 116 Å². The molecule has 1 aromatic carbocycles. The molecule has 0 fully saturated rings. The number of aromatic amines is 1. The number of carbonyl (C=O) groups is 2. The van der Waals surface area contributed by atoms with E-state index in [1.165, 1.54) is 19.1 Å². The number of anilines is 1. The Hall–Kier alpha value is -2.56. The second-order valence-corrected chi connectivity index (χ2v) is 4.69. The number of benzene rings is 1. The minimum Gasteiger partial charge on any atom is -0.508 e. The fourth-order valence-electron chi connectivity index (χ4n) is 2.28. The fraction of sp³-hybridized carbons (Fsp3) is 0.200. The van der Waals surface area contributed by atoms with E-state index in [1.807, 2.05) is 0 Å². The van der Waals surface area contributed by atoms with Crippen LogP contribution in [0.5, 0.6) is 5.75 Å². The molecule has 2 aromatic rings. The predicted octanol–water partition coefficient (Wildman–Crippen LogP) is 2.79. The van der Waals surface area contributed by atoms with Gasteiger partial charge in [-0.1, -0.05) is 6.07 Å². The number of hydrogen-bond donors (Lipinski definition) is 3. The topological polar surface area (TPSA) is 82.2 Å². The molecule has 0 bridgehead atoms. The van der Waals surface area contributed by atoms with Gasteiger partial charge in [-0.15, -0.1) is 0 Å². The van der Waals surface area contributed by atoms with Gasteiger partial charge in [-0.25, -0.2) is 0 Å². The molecule has 1 aromatic heterocycles. The third kappa shape index (κ3) is 2.56. The number of hydrogen-bond acceptors (Lipinski definition) is 3. The number of H-pyrrole nitrogens is 1. The van der Waals surface area contributed by atoms with Crippen LogP contribution < -0.4 is 5.32 Å². The van der Waals surface area contributed by atoms with Crippen LogP contribution in [-0.2, 0) is 0 Å². The maximum absolute atomic E-state index is 12.2. The summed E-state index contributed by atoms with van der Waals surface area (Å²) in [4.78, 5) is 26.7. The summed E-state index contributed by atoms with van der Waals surface area (Å²) in [5.74, 6) is -0.344. The average Bonchev–Trinajstić information content (AvgIpc) is 2.64. The van der Waals surface area contributed by atoms with Gasteiger partial charge in [0.1, 0.15) is 11.4 Å². The number of phenols is 1. The minimum atomic E-state index is -0.344. The number of rotatable bonds is 3. The second-order valence-electron chi connectivity index (χ2n) is 4.69. The monoisotopic (exact) mass is 272 g/mol. The number of aryl methyl sites for hydroxylation is 1. The zero-order valence-electron chi connectivity index (χ0n) is 11.6. The summed E-state index contributed by atoms with van der Waals surface area (Å²) in [6.45, 7) is 4.96. The van der Waals surface area contributed by atoms with Crippen molar-refractivity contribution in [1.29, 1.82) is 0 Å². The first-order valence-electron chi connectivity index (χ1n) is 6.20. The number of ketones is 1. The van der Waals surface area contributed by atoms with E-state index in [0.717, 1.165) is 0 Å². The van der Waals surface area contributed by atoms with Gasteiger partial charge < -0.3 is 15.4 Å². The Morgan fingerprint density at radius 1 is 1.25 bits per heavy atom. The van der Waals surface area contributed by atoms with E-state index in [1.54, 1.807) is 26.0 Å². The van der Waals surface area contributed by atoms with Crippen LogP contribution in [0.2, 0.25) is 0 Å². The Morgan fingerprint density at radius 2 is 1.95 bits per heavy atom. The molecule has 5 heteroatoms. The van der Waals surface area contributed by atoms with Crippen molar-refractivity contribution in [3.8, 4) is 5.75 Å². The van der Waals surface area contributed by atoms with Crippen molar-refractivity contribution < 1.29 is 14.7 Å². The lowest BCUT2D eigenvalue weighted by Crippen LogP contribution is -2.13. The van der Waals surface area contributed by atoms with Crippen LogP contribution >= 0.6 is 0 Å². The highest BCUT2D eigenvalue weighted by Gasteiger charge is 2.19. The molecule has 1 amide bonds. The third-order valence-electron chi connectivity index (χ3n) is 3.12. The number of carbonyl (C=O) groups excluding carboxylic acids is 2. The highest BCUT2D eigenvalue weighted by molar-refractivity contribution is 6.07. The summed E-state index contributed by atoms with van der Waals surface area (Å²) in [5.41, 5.74) is 2.71. The number of phenolic OH excluding ortho intramolecular Hbond substituents is 1. The van der Waals surface area contributed by atoms with Gasteiger partial charge in [-0.3, -0.25) is 9.59 Å². The fourth-order valence-corrected chi connectivity index (χ4v) is 2.28. The van der Waals surface area contributed by atoms with E-state index in [2.05, 4.69) is 10.3 Å². The van der Waals surface area contributed by atoms with Crippen LogP contribution in [0.25, 0.3) is 0 Å². The first kappa shape index (κ1) is 13.9. The number of aromatic nitrogens is 1. The van der Waals surface area contributed by atoms with Gasteiger partial charge in [0, 0.05) is 23.0 Å². The molecule has 0 spiro atoms. The zero-order valence-corrected chi connectivity index (χ0v) is 11.6. The van der Waals surface area contributed by atoms with Gasteiger partial charge in [0.2, 0.25) is 0 Å². The Kier molecular flexibility index (Phi) is 3.61. The van der Waals surface area contributed by atoms with E-state index < -0.39 is 0 Å². The lowest BCUT2D eigenvalue weighted by Gasteiger charge is -2.05. The van der Waals surface area contributed by atoms with Crippen molar-refractivity contribution in [2.75, 3.05) is 5.32 Å². The predicted molar refractivity (Wildman–Crippen MR) is 76.3 cm³/mol. The van der Waals surface area contributed by atoms with Gasteiger partial charge in [-0.05, 0) is 38.5 Å². The lowest BCUT2D eigenvalue weighted by molar-refractivity contribution is 0.101. The smallest absolute Gasteiger partial charge is 0.272 e. The Balaban J connectivity index is 2.31. The van der Waals surface area contributed by atoms with Crippen LogP contribution in [0.4, 0.5) is 5.69 Å². The molecule has 0 saturated carbocycles. The number of amides is 1. The second kappa shape index (κ2) is 5.21. The maximum Gasteiger partial charge on any atom is 0.272 e. The highest BCUT2D eigenvalue weighted by Crippen LogP contribution is 2.21. The first-order chi connectivity index (χ1) is 9.40. The normalized spacial score (nSPS) is 10.3. The van der Waals surface area contributed by atoms with Crippen molar-refractivity contribution in [3.05, 3.63) is 46.8 Å². The average molecular weight is 272 g/mol. The summed E-state index contributed by atoms with van der Waals surface area (Å²) in [6.07, 6.45) is 0. The van der Waals surface area contributed by atoms with Crippen LogP contribution in [0.15, 0.2) is 24.3 Å². The molecule has 5 nitrogen and oxygen atoms in total. The summed E-state index contributed by atoms with van der Waals surface area (Å²) in [5, 5.41) is 12.0. The molecule has 0 radical (unpaired) electrons. The quantitative estimate of drug-likeness (QED) is 0.751. The Morgan fingerprint density at radius 3 is 2.50 bits per heavy atom. The summed E-state index contributed by atoms with van der Waals surface area (Å²) >= 11 is 0. The van der Waals surface area contributed by atoms with E-state index in [9.17, 15) is 14.7 Å². The van der Waals surface area contributed by atoms with Crippen LogP contribution in [0.3, 0.4) is 0 Å². The van der Waals surface area contributed by atoms with E-state index in [4.69, 9.17) is 0 Å². The summed E-state index contributed by atoms with van der Waals surface area (Å²) in [6, 6.07) is 6.29. The van der Waals surface area contributed by atoms with Gasteiger partial charge >= 0.3 is 0 Å².